The molecule has 3 aromatic rings. The fraction of sp³-hybridized carbons (Fsp3) is 0.125. The van der Waals surface area contributed by atoms with E-state index < -0.39 is 0 Å². The molecule has 0 spiro atoms. The number of aromatic nitrogens is 2. The summed E-state index contributed by atoms with van der Waals surface area (Å²) in [5.41, 5.74) is 2.41. The van der Waals surface area contributed by atoms with Crippen molar-refractivity contribution in [3.05, 3.63) is 42.0 Å². The zero-order valence-corrected chi connectivity index (χ0v) is 13.5. The zero-order chi connectivity index (χ0) is 16.9. The van der Waals surface area contributed by atoms with Crippen LogP contribution >= 0.6 is 11.7 Å². The molecule has 1 heterocycles. The highest BCUT2D eigenvalue weighted by atomic mass is 32.1. The standard InChI is InChI=1S/C16H12N4O3S/c1-22-14-7-10(8-17)5-6-13(14)23-9-15(21)18-11-3-2-4-12-16(11)20-24-19-12/h2-7H,9H2,1H3,(H,18,21). The molecule has 0 unspecified atom stereocenters. The molecule has 0 saturated carbocycles. The second-order valence-electron chi connectivity index (χ2n) is 4.75. The maximum atomic E-state index is 12.1. The maximum absolute atomic E-state index is 12.1. The van der Waals surface area contributed by atoms with Crippen LogP contribution in [0.4, 0.5) is 5.69 Å². The van der Waals surface area contributed by atoms with Gasteiger partial charge in [0.05, 0.1) is 36.2 Å². The molecule has 1 amide bonds. The van der Waals surface area contributed by atoms with Crippen LogP contribution in [0.15, 0.2) is 36.4 Å². The Morgan fingerprint density at radius 2 is 2.17 bits per heavy atom. The molecule has 7 nitrogen and oxygen atoms in total. The number of carbonyl (C=O) groups is 1. The average molecular weight is 340 g/mol. The monoisotopic (exact) mass is 340 g/mol. The smallest absolute Gasteiger partial charge is 0.262 e. The fourth-order valence-corrected chi connectivity index (χ4v) is 2.64. The van der Waals surface area contributed by atoms with Gasteiger partial charge in [-0.05, 0) is 24.3 Å². The van der Waals surface area contributed by atoms with Gasteiger partial charge in [-0.25, -0.2) is 0 Å². The summed E-state index contributed by atoms with van der Waals surface area (Å²) in [6.07, 6.45) is 0. The number of hydrogen-bond donors (Lipinski definition) is 1. The van der Waals surface area contributed by atoms with Crippen LogP contribution in [-0.2, 0) is 4.79 Å². The Kier molecular flexibility index (Phi) is 4.54. The number of rotatable bonds is 5. The van der Waals surface area contributed by atoms with Crippen LogP contribution in [0.25, 0.3) is 11.0 Å². The molecule has 0 radical (unpaired) electrons. The number of fused-ring (bicyclic) bond motifs is 1. The van der Waals surface area contributed by atoms with Gasteiger partial charge in [0.2, 0.25) is 0 Å². The largest absolute Gasteiger partial charge is 0.493 e. The summed E-state index contributed by atoms with van der Waals surface area (Å²) in [5, 5.41) is 11.6. The molecule has 0 saturated heterocycles. The Morgan fingerprint density at radius 3 is 2.96 bits per heavy atom. The first kappa shape index (κ1) is 15.7. The Hall–Kier alpha value is -3.18. The van der Waals surface area contributed by atoms with Crippen molar-refractivity contribution in [3.8, 4) is 17.6 Å². The van der Waals surface area contributed by atoms with Crippen LogP contribution in [0.5, 0.6) is 11.5 Å². The lowest BCUT2D eigenvalue weighted by atomic mass is 10.2. The van der Waals surface area contributed by atoms with E-state index in [9.17, 15) is 4.79 Å². The quantitative estimate of drug-likeness (QED) is 0.767. The molecular formula is C16H12N4O3S. The molecular weight excluding hydrogens is 328 g/mol. The summed E-state index contributed by atoms with van der Waals surface area (Å²) < 4.78 is 18.9. The van der Waals surface area contributed by atoms with Crippen LogP contribution in [-0.4, -0.2) is 28.4 Å². The normalized spacial score (nSPS) is 10.2. The Morgan fingerprint density at radius 1 is 1.29 bits per heavy atom. The van der Waals surface area contributed by atoms with Crippen molar-refractivity contribution in [2.75, 3.05) is 19.0 Å². The molecule has 120 valence electrons. The van der Waals surface area contributed by atoms with E-state index in [0.29, 0.717) is 28.3 Å². The molecule has 0 bridgehead atoms. The summed E-state index contributed by atoms with van der Waals surface area (Å²) in [6, 6.07) is 12.1. The van der Waals surface area contributed by atoms with Crippen molar-refractivity contribution < 1.29 is 14.3 Å². The number of carbonyl (C=O) groups excluding carboxylic acids is 1. The van der Waals surface area contributed by atoms with Crippen LogP contribution in [0.2, 0.25) is 0 Å². The number of hydrogen-bond acceptors (Lipinski definition) is 7. The molecule has 0 aliphatic carbocycles. The lowest BCUT2D eigenvalue weighted by Gasteiger charge is -2.11. The minimum Gasteiger partial charge on any atom is -0.493 e. The highest BCUT2D eigenvalue weighted by Crippen LogP contribution is 2.28. The average Bonchev–Trinajstić information content (AvgIpc) is 3.09. The highest BCUT2D eigenvalue weighted by molar-refractivity contribution is 7.00. The number of amides is 1. The van der Waals surface area contributed by atoms with E-state index in [0.717, 1.165) is 17.2 Å². The number of nitrogens with one attached hydrogen (secondary N) is 1. The summed E-state index contributed by atoms with van der Waals surface area (Å²) >= 11 is 1.09. The summed E-state index contributed by atoms with van der Waals surface area (Å²) in [7, 11) is 1.47. The first-order chi connectivity index (χ1) is 11.7. The van der Waals surface area contributed by atoms with Gasteiger partial charge in [0.25, 0.3) is 5.91 Å². The topological polar surface area (TPSA) is 97.1 Å². The molecule has 3 rings (SSSR count). The van der Waals surface area contributed by atoms with Gasteiger partial charge >= 0.3 is 0 Å². The summed E-state index contributed by atoms with van der Waals surface area (Å²) in [4.78, 5) is 12.1. The molecule has 0 fully saturated rings. The van der Waals surface area contributed by atoms with Gasteiger partial charge in [0.15, 0.2) is 18.1 Å². The Labute approximate surface area is 141 Å². The van der Waals surface area contributed by atoms with Gasteiger partial charge < -0.3 is 14.8 Å². The molecule has 2 aromatic carbocycles. The van der Waals surface area contributed by atoms with Gasteiger partial charge in [-0.2, -0.15) is 14.0 Å². The van der Waals surface area contributed by atoms with Gasteiger partial charge in [-0.3, -0.25) is 4.79 Å². The molecule has 1 aromatic heterocycles. The van der Waals surface area contributed by atoms with Crippen molar-refractivity contribution >= 4 is 34.4 Å². The van der Waals surface area contributed by atoms with Crippen molar-refractivity contribution in [2.24, 2.45) is 0 Å². The predicted octanol–water partition coefficient (Wildman–Crippen LogP) is 2.59. The van der Waals surface area contributed by atoms with E-state index in [1.54, 1.807) is 30.3 Å². The van der Waals surface area contributed by atoms with E-state index in [-0.39, 0.29) is 12.5 Å². The maximum Gasteiger partial charge on any atom is 0.262 e. The number of benzene rings is 2. The molecule has 0 atom stereocenters. The third-order valence-corrected chi connectivity index (χ3v) is 3.75. The number of nitriles is 1. The fourth-order valence-electron chi connectivity index (χ4n) is 2.09. The van der Waals surface area contributed by atoms with E-state index in [1.807, 2.05) is 12.1 Å². The molecule has 0 aliphatic rings. The summed E-state index contributed by atoms with van der Waals surface area (Å²) in [6.45, 7) is -0.198. The molecule has 0 aliphatic heterocycles. The number of nitrogens with zero attached hydrogens (tertiary/aromatic N) is 3. The van der Waals surface area contributed by atoms with Crippen molar-refractivity contribution in [1.82, 2.24) is 8.75 Å². The van der Waals surface area contributed by atoms with Gasteiger partial charge in [0.1, 0.15) is 11.0 Å². The van der Waals surface area contributed by atoms with E-state index in [4.69, 9.17) is 14.7 Å². The second-order valence-corrected chi connectivity index (χ2v) is 5.28. The van der Waals surface area contributed by atoms with E-state index in [1.165, 1.54) is 7.11 Å². The lowest BCUT2D eigenvalue weighted by molar-refractivity contribution is -0.118. The molecule has 1 N–H and O–H groups in total. The van der Waals surface area contributed by atoms with Crippen LogP contribution in [0, 0.1) is 11.3 Å². The number of ether oxygens (including phenoxy) is 2. The second kappa shape index (κ2) is 6.93. The third kappa shape index (κ3) is 3.26. The summed E-state index contributed by atoms with van der Waals surface area (Å²) in [5.74, 6) is 0.453. The van der Waals surface area contributed by atoms with Gasteiger partial charge in [0, 0.05) is 6.07 Å². The van der Waals surface area contributed by atoms with Crippen LogP contribution in [0.1, 0.15) is 5.56 Å². The first-order valence-electron chi connectivity index (χ1n) is 6.93. The minimum atomic E-state index is -0.332. The minimum absolute atomic E-state index is 0.198. The predicted molar refractivity (Wildman–Crippen MR) is 89.2 cm³/mol. The van der Waals surface area contributed by atoms with Crippen LogP contribution in [0.3, 0.4) is 0 Å². The van der Waals surface area contributed by atoms with Gasteiger partial charge in [-0.15, -0.1) is 0 Å². The van der Waals surface area contributed by atoms with Crippen LogP contribution < -0.4 is 14.8 Å². The Bertz CT molecular complexity index is 932. The molecule has 24 heavy (non-hydrogen) atoms. The van der Waals surface area contributed by atoms with E-state index >= 15 is 0 Å². The lowest BCUT2D eigenvalue weighted by Crippen LogP contribution is -2.20. The van der Waals surface area contributed by atoms with Gasteiger partial charge in [-0.1, -0.05) is 6.07 Å². The number of methoxy groups -OCH3 is 1. The SMILES string of the molecule is COc1cc(C#N)ccc1OCC(=O)Nc1cccc2nsnc12. The third-order valence-electron chi connectivity index (χ3n) is 3.21. The molecule has 8 heteroatoms. The van der Waals surface area contributed by atoms with E-state index in [2.05, 4.69) is 14.1 Å². The highest BCUT2D eigenvalue weighted by Gasteiger charge is 2.11. The van der Waals surface area contributed by atoms with Crippen molar-refractivity contribution in [1.29, 1.82) is 5.26 Å². The van der Waals surface area contributed by atoms with Crippen molar-refractivity contribution in [3.63, 3.8) is 0 Å². The van der Waals surface area contributed by atoms with Crippen molar-refractivity contribution in [2.45, 2.75) is 0 Å². The number of anilines is 1. The Balaban J connectivity index is 1.68. The first-order valence-corrected chi connectivity index (χ1v) is 7.66. The zero-order valence-electron chi connectivity index (χ0n) is 12.6.